The largest absolute Gasteiger partial charge is 0.497 e. The van der Waals surface area contributed by atoms with Crippen LogP contribution in [0, 0.1) is 0 Å². The Morgan fingerprint density at radius 3 is 2.65 bits per heavy atom. The number of anilines is 1. The van der Waals surface area contributed by atoms with E-state index in [2.05, 4.69) is 10.4 Å². The number of carboxylic acids is 1. The van der Waals surface area contributed by atoms with Gasteiger partial charge in [-0.2, -0.15) is 5.10 Å². The molecule has 20 heavy (non-hydrogen) atoms. The zero-order chi connectivity index (χ0) is 14.7. The Kier molecular flexibility index (Phi) is 3.69. The summed E-state index contributed by atoms with van der Waals surface area (Å²) in [5.74, 6) is -1.18. The number of benzene rings is 1. The van der Waals surface area contributed by atoms with Crippen molar-refractivity contribution in [3.05, 3.63) is 41.7 Å². The van der Waals surface area contributed by atoms with Gasteiger partial charge in [0.15, 0.2) is 0 Å². The number of ether oxygens (including phenoxy) is 1. The summed E-state index contributed by atoms with van der Waals surface area (Å²) in [5, 5.41) is 15.6. The van der Waals surface area contributed by atoms with Crippen LogP contribution in [0.3, 0.4) is 0 Å². The van der Waals surface area contributed by atoms with Gasteiger partial charge < -0.3 is 15.2 Å². The van der Waals surface area contributed by atoms with Gasteiger partial charge in [0, 0.05) is 13.2 Å². The van der Waals surface area contributed by atoms with Crippen LogP contribution in [0.2, 0.25) is 0 Å². The van der Waals surface area contributed by atoms with Gasteiger partial charge in [0.25, 0.3) is 5.91 Å². The molecule has 1 heterocycles. The minimum absolute atomic E-state index is 0.0418. The van der Waals surface area contributed by atoms with E-state index in [4.69, 9.17) is 9.84 Å². The Balaban J connectivity index is 2.32. The van der Waals surface area contributed by atoms with Gasteiger partial charge >= 0.3 is 5.97 Å². The highest BCUT2D eigenvalue weighted by Crippen LogP contribution is 2.22. The summed E-state index contributed by atoms with van der Waals surface area (Å²) in [6, 6.07) is 5.95. The second kappa shape index (κ2) is 5.43. The average molecular weight is 275 g/mol. The third-order valence-corrected chi connectivity index (χ3v) is 2.76. The van der Waals surface area contributed by atoms with Gasteiger partial charge in [-0.3, -0.25) is 9.48 Å². The third-order valence-electron chi connectivity index (χ3n) is 2.76. The summed E-state index contributed by atoms with van der Waals surface area (Å²) in [6.07, 6.45) is 1.49. The Bertz CT molecular complexity index is 663. The van der Waals surface area contributed by atoms with E-state index in [1.807, 2.05) is 0 Å². The third kappa shape index (κ3) is 2.61. The molecule has 0 aliphatic rings. The zero-order valence-corrected chi connectivity index (χ0v) is 11.0. The normalized spacial score (nSPS) is 10.1. The van der Waals surface area contributed by atoms with Crippen molar-refractivity contribution in [1.29, 1.82) is 0 Å². The molecule has 1 aromatic carbocycles. The van der Waals surface area contributed by atoms with Gasteiger partial charge in [0.05, 0.1) is 18.4 Å². The fourth-order valence-corrected chi connectivity index (χ4v) is 1.72. The van der Waals surface area contributed by atoms with Crippen LogP contribution < -0.4 is 10.1 Å². The van der Waals surface area contributed by atoms with Crippen molar-refractivity contribution in [1.82, 2.24) is 9.78 Å². The number of nitrogens with zero attached hydrogens (tertiary/aromatic N) is 2. The topological polar surface area (TPSA) is 93.5 Å². The Labute approximate surface area is 114 Å². The molecule has 1 amide bonds. The Morgan fingerprint density at radius 1 is 1.35 bits per heavy atom. The minimum Gasteiger partial charge on any atom is -0.497 e. The number of carboxylic acid groups (broad SMARTS) is 1. The molecule has 0 saturated carbocycles. The van der Waals surface area contributed by atoms with E-state index in [0.717, 1.165) is 0 Å². The molecule has 0 saturated heterocycles. The van der Waals surface area contributed by atoms with Crippen molar-refractivity contribution < 1.29 is 19.4 Å². The van der Waals surface area contributed by atoms with Crippen molar-refractivity contribution in [3.63, 3.8) is 0 Å². The molecule has 1 aromatic heterocycles. The van der Waals surface area contributed by atoms with E-state index in [0.29, 0.717) is 11.4 Å². The molecule has 0 radical (unpaired) electrons. The van der Waals surface area contributed by atoms with E-state index < -0.39 is 11.9 Å². The van der Waals surface area contributed by atoms with Crippen molar-refractivity contribution in [2.24, 2.45) is 7.05 Å². The first-order valence-corrected chi connectivity index (χ1v) is 5.73. The standard InChI is InChI=1S/C13H13N3O4/c1-16-11(5-6-14-16)12(17)15-10-4-3-8(20-2)7-9(10)13(18)19/h3-7H,1-2H3,(H,15,17)(H,18,19). The summed E-state index contributed by atoms with van der Waals surface area (Å²) in [4.78, 5) is 23.2. The first-order valence-electron chi connectivity index (χ1n) is 5.73. The van der Waals surface area contributed by atoms with Crippen molar-refractivity contribution >= 4 is 17.6 Å². The molecular weight excluding hydrogens is 262 g/mol. The fourth-order valence-electron chi connectivity index (χ4n) is 1.72. The molecule has 2 aromatic rings. The van der Waals surface area contributed by atoms with Crippen LogP contribution in [0.15, 0.2) is 30.5 Å². The summed E-state index contributed by atoms with van der Waals surface area (Å²) >= 11 is 0. The molecule has 0 spiro atoms. The number of carbonyl (C=O) groups is 2. The molecule has 104 valence electrons. The molecule has 0 atom stereocenters. The number of rotatable bonds is 4. The maximum atomic E-state index is 12.0. The van der Waals surface area contributed by atoms with Crippen LogP contribution in [0.5, 0.6) is 5.75 Å². The van der Waals surface area contributed by atoms with Crippen molar-refractivity contribution in [2.45, 2.75) is 0 Å². The summed E-state index contributed by atoms with van der Waals surface area (Å²) in [6.45, 7) is 0. The highest BCUT2D eigenvalue weighted by atomic mass is 16.5. The number of amides is 1. The lowest BCUT2D eigenvalue weighted by Gasteiger charge is -2.10. The van der Waals surface area contributed by atoms with Crippen molar-refractivity contribution in [3.8, 4) is 5.75 Å². The second-order valence-electron chi connectivity index (χ2n) is 4.01. The Hall–Kier alpha value is -2.83. The number of nitrogens with one attached hydrogen (secondary N) is 1. The lowest BCUT2D eigenvalue weighted by Crippen LogP contribution is -2.18. The molecule has 0 bridgehead atoms. The maximum Gasteiger partial charge on any atom is 0.337 e. The predicted octanol–water partition coefficient (Wildman–Crippen LogP) is 1.38. The number of methoxy groups -OCH3 is 1. The van der Waals surface area contributed by atoms with Gasteiger partial charge in [-0.15, -0.1) is 0 Å². The van der Waals surface area contributed by atoms with E-state index in [-0.39, 0.29) is 11.3 Å². The van der Waals surface area contributed by atoms with Gasteiger partial charge in [-0.25, -0.2) is 4.79 Å². The number of aromatic nitrogens is 2. The predicted molar refractivity (Wildman–Crippen MR) is 71.1 cm³/mol. The van der Waals surface area contributed by atoms with E-state index in [1.54, 1.807) is 19.2 Å². The van der Waals surface area contributed by atoms with Crippen LogP contribution >= 0.6 is 0 Å². The minimum atomic E-state index is -1.15. The van der Waals surface area contributed by atoms with Crippen LogP contribution in [-0.2, 0) is 7.05 Å². The molecule has 0 aliphatic heterocycles. The highest BCUT2D eigenvalue weighted by Gasteiger charge is 2.16. The molecular formula is C13H13N3O4. The summed E-state index contributed by atoms with van der Waals surface area (Å²) < 4.78 is 6.37. The summed E-state index contributed by atoms with van der Waals surface area (Å²) in [7, 11) is 3.07. The molecule has 2 N–H and O–H groups in total. The monoisotopic (exact) mass is 275 g/mol. The second-order valence-corrected chi connectivity index (χ2v) is 4.01. The number of aromatic carboxylic acids is 1. The first kappa shape index (κ1) is 13.6. The van der Waals surface area contributed by atoms with Gasteiger partial charge in [-0.05, 0) is 24.3 Å². The van der Waals surface area contributed by atoms with Crippen LogP contribution in [0.4, 0.5) is 5.69 Å². The van der Waals surface area contributed by atoms with E-state index >= 15 is 0 Å². The maximum absolute atomic E-state index is 12.0. The van der Waals surface area contributed by atoms with Gasteiger partial charge in [0.1, 0.15) is 11.4 Å². The van der Waals surface area contributed by atoms with Crippen LogP contribution in [-0.4, -0.2) is 33.9 Å². The Morgan fingerprint density at radius 2 is 2.10 bits per heavy atom. The zero-order valence-electron chi connectivity index (χ0n) is 11.0. The van der Waals surface area contributed by atoms with Crippen molar-refractivity contribution in [2.75, 3.05) is 12.4 Å². The van der Waals surface area contributed by atoms with E-state index in [9.17, 15) is 9.59 Å². The van der Waals surface area contributed by atoms with Crippen LogP contribution in [0.1, 0.15) is 20.8 Å². The quantitative estimate of drug-likeness (QED) is 0.879. The number of aryl methyl sites for hydroxylation is 1. The smallest absolute Gasteiger partial charge is 0.337 e. The lowest BCUT2D eigenvalue weighted by atomic mass is 10.1. The van der Waals surface area contributed by atoms with E-state index in [1.165, 1.54) is 30.1 Å². The number of hydrogen-bond acceptors (Lipinski definition) is 4. The molecule has 7 nitrogen and oxygen atoms in total. The van der Waals surface area contributed by atoms with Crippen LogP contribution in [0.25, 0.3) is 0 Å². The molecule has 7 heteroatoms. The highest BCUT2D eigenvalue weighted by molar-refractivity contribution is 6.07. The van der Waals surface area contributed by atoms with Gasteiger partial charge in [0.2, 0.25) is 0 Å². The summed E-state index contributed by atoms with van der Waals surface area (Å²) in [5.41, 5.74) is 0.488. The average Bonchev–Trinajstić information content (AvgIpc) is 2.85. The SMILES string of the molecule is COc1ccc(NC(=O)c2ccnn2C)c(C(=O)O)c1. The van der Waals surface area contributed by atoms with Gasteiger partial charge in [-0.1, -0.05) is 0 Å². The first-order chi connectivity index (χ1) is 9.52. The molecule has 0 aliphatic carbocycles. The molecule has 0 fully saturated rings. The molecule has 0 unspecified atom stereocenters. The fraction of sp³-hybridized carbons (Fsp3) is 0.154. The molecule has 2 rings (SSSR count). The number of carbonyl (C=O) groups excluding carboxylic acids is 1. The number of hydrogen-bond donors (Lipinski definition) is 2. The lowest BCUT2D eigenvalue weighted by molar-refractivity contribution is 0.0697.